The molecule has 0 saturated carbocycles. The molecule has 2 N–H and O–H groups in total. The van der Waals surface area contributed by atoms with Gasteiger partial charge in [0.1, 0.15) is 17.1 Å². The molecular weight excluding hydrogens is 434 g/mol. The van der Waals surface area contributed by atoms with Gasteiger partial charge in [-0.15, -0.1) is 0 Å². The van der Waals surface area contributed by atoms with Crippen molar-refractivity contribution in [2.24, 2.45) is 0 Å². The molecule has 0 spiro atoms. The minimum atomic E-state index is -3.88. The van der Waals surface area contributed by atoms with Gasteiger partial charge in [-0.1, -0.05) is 5.16 Å². The Hall–Kier alpha value is -3.79. The number of aromatic nitrogens is 1. The summed E-state index contributed by atoms with van der Waals surface area (Å²) in [5, 5.41) is 7.14. The van der Waals surface area contributed by atoms with Gasteiger partial charge in [-0.2, -0.15) is 0 Å². The first kappa shape index (κ1) is 21.4. The van der Waals surface area contributed by atoms with Gasteiger partial charge in [0.15, 0.2) is 0 Å². The molecule has 2 aromatic carbocycles. The third-order valence-electron chi connectivity index (χ3n) is 5.10. The number of sulfonamides is 1. The van der Waals surface area contributed by atoms with E-state index in [1.807, 2.05) is 0 Å². The molecule has 9 nitrogen and oxygen atoms in total. The highest BCUT2D eigenvalue weighted by Gasteiger charge is 2.21. The minimum Gasteiger partial charge on any atom is -0.497 e. The smallest absolute Gasteiger partial charge is 0.264 e. The number of amides is 1. The molecule has 4 aromatic rings. The normalized spacial score (nSPS) is 11.5. The van der Waals surface area contributed by atoms with E-state index in [4.69, 9.17) is 13.7 Å². The SMILES string of the molecule is COc1ccc2oc(C)c(C(=O)Nc3ccc(S(=O)(=O)Nc4onc(C)c4C)cc3)c2c1. The van der Waals surface area contributed by atoms with Gasteiger partial charge in [-0.25, -0.2) is 13.1 Å². The van der Waals surface area contributed by atoms with E-state index in [1.54, 1.807) is 46.1 Å². The predicted molar refractivity (Wildman–Crippen MR) is 119 cm³/mol. The summed E-state index contributed by atoms with van der Waals surface area (Å²) in [4.78, 5) is 12.9. The average Bonchev–Trinajstić information content (AvgIpc) is 3.26. The van der Waals surface area contributed by atoms with Gasteiger partial charge in [-0.3, -0.25) is 4.79 Å². The lowest BCUT2D eigenvalue weighted by molar-refractivity contribution is 0.102. The molecule has 2 aromatic heterocycles. The van der Waals surface area contributed by atoms with Gasteiger partial charge in [0, 0.05) is 16.6 Å². The van der Waals surface area contributed by atoms with Crippen LogP contribution in [0.4, 0.5) is 11.6 Å². The van der Waals surface area contributed by atoms with Crippen molar-refractivity contribution >= 4 is 38.5 Å². The number of anilines is 2. The van der Waals surface area contributed by atoms with E-state index in [0.29, 0.717) is 45.0 Å². The number of nitrogens with one attached hydrogen (secondary N) is 2. The standard InChI is InChI=1S/C22H21N3O6S/c1-12-13(2)24-31-22(12)25-32(27,28)17-8-5-15(6-9-17)23-21(26)20-14(3)30-19-10-7-16(29-4)11-18(19)20/h5-11,25H,1-4H3,(H,23,26). The van der Waals surface area contributed by atoms with Crippen molar-refractivity contribution in [2.45, 2.75) is 25.7 Å². The van der Waals surface area contributed by atoms with Crippen LogP contribution in [-0.4, -0.2) is 26.6 Å². The fourth-order valence-electron chi connectivity index (χ4n) is 3.21. The van der Waals surface area contributed by atoms with Crippen molar-refractivity contribution in [1.82, 2.24) is 5.16 Å². The summed E-state index contributed by atoms with van der Waals surface area (Å²) < 4.78 is 43.5. The maximum Gasteiger partial charge on any atom is 0.264 e. The Bertz CT molecular complexity index is 1420. The number of carbonyl (C=O) groups excluding carboxylic acids is 1. The lowest BCUT2D eigenvalue weighted by Gasteiger charge is -2.08. The number of hydrogen-bond donors (Lipinski definition) is 2. The monoisotopic (exact) mass is 455 g/mol. The van der Waals surface area contributed by atoms with Crippen molar-refractivity contribution in [3.05, 3.63) is 65.0 Å². The number of ether oxygens (including phenoxy) is 1. The number of furan rings is 1. The van der Waals surface area contributed by atoms with Crippen molar-refractivity contribution in [3.8, 4) is 5.75 Å². The van der Waals surface area contributed by atoms with E-state index in [9.17, 15) is 13.2 Å². The molecule has 2 heterocycles. The Kier molecular flexibility index (Phi) is 5.39. The van der Waals surface area contributed by atoms with Gasteiger partial charge in [-0.05, 0) is 63.2 Å². The Morgan fingerprint density at radius 3 is 2.41 bits per heavy atom. The molecule has 166 valence electrons. The van der Waals surface area contributed by atoms with Crippen LogP contribution in [0.25, 0.3) is 11.0 Å². The third-order valence-corrected chi connectivity index (χ3v) is 6.45. The Morgan fingerprint density at radius 2 is 1.78 bits per heavy atom. The maximum atomic E-state index is 12.9. The van der Waals surface area contributed by atoms with Crippen molar-refractivity contribution in [3.63, 3.8) is 0 Å². The number of carbonyl (C=O) groups is 1. The molecule has 0 atom stereocenters. The van der Waals surface area contributed by atoms with Crippen LogP contribution < -0.4 is 14.8 Å². The quantitative estimate of drug-likeness (QED) is 0.441. The fourth-order valence-corrected chi connectivity index (χ4v) is 4.26. The lowest BCUT2D eigenvalue weighted by atomic mass is 10.1. The summed E-state index contributed by atoms with van der Waals surface area (Å²) in [6.07, 6.45) is 0. The number of nitrogens with zero attached hydrogens (tertiary/aromatic N) is 1. The second kappa shape index (κ2) is 8.04. The molecule has 0 fully saturated rings. The molecule has 0 radical (unpaired) electrons. The minimum absolute atomic E-state index is 0.0126. The number of methoxy groups -OCH3 is 1. The molecule has 10 heteroatoms. The van der Waals surface area contributed by atoms with Crippen molar-refractivity contribution in [1.29, 1.82) is 0 Å². The summed E-state index contributed by atoms with van der Waals surface area (Å²) in [7, 11) is -2.33. The van der Waals surface area contributed by atoms with Crippen LogP contribution in [0.15, 0.2) is 56.3 Å². The van der Waals surface area contributed by atoms with Crippen LogP contribution in [0.3, 0.4) is 0 Å². The summed E-state index contributed by atoms with van der Waals surface area (Å²) in [5.41, 5.74) is 2.59. The molecular formula is C22H21N3O6S. The Morgan fingerprint density at radius 1 is 1.06 bits per heavy atom. The molecule has 1 amide bonds. The highest BCUT2D eigenvalue weighted by molar-refractivity contribution is 7.92. The second-order valence-electron chi connectivity index (χ2n) is 7.20. The summed E-state index contributed by atoms with van der Waals surface area (Å²) in [5.74, 6) is 0.757. The summed E-state index contributed by atoms with van der Waals surface area (Å²) >= 11 is 0. The number of hydrogen-bond acceptors (Lipinski definition) is 7. The van der Waals surface area contributed by atoms with Gasteiger partial charge in [0.2, 0.25) is 5.88 Å². The maximum absolute atomic E-state index is 12.9. The van der Waals surface area contributed by atoms with E-state index < -0.39 is 10.0 Å². The van der Waals surface area contributed by atoms with Crippen molar-refractivity contribution in [2.75, 3.05) is 17.1 Å². The zero-order valence-electron chi connectivity index (χ0n) is 17.8. The number of fused-ring (bicyclic) bond motifs is 1. The highest BCUT2D eigenvalue weighted by atomic mass is 32.2. The van der Waals surface area contributed by atoms with E-state index in [2.05, 4.69) is 15.2 Å². The average molecular weight is 455 g/mol. The zero-order chi connectivity index (χ0) is 23.0. The number of rotatable bonds is 6. The molecule has 0 aliphatic carbocycles. The molecule has 0 aliphatic rings. The summed E-state index contributed by atoms with van der Waals surface area (Å²) in [6, 6.07) is 11.0. The fraction of sp³-hybridized carbons (Fsp3) is 0.182. The van der Waals surface area contributed by atoms with E-state index >= 15 is 0 Å². The van der Waals surface area contributed by atoms with Crippen LogP contribution in [-0.2, 0) is 10.0 Å². The van der Waals surface area contributed by atoms with E-state index in [-0.39, 0.29) is 16.7 Å². The first-order chi connectivity index (χ1) is 15.2. The largest absolute Gasteiger partial charge is 0.497 e. The first-order valence-electron chi connectivity index (χ1n) is 9.64. The van der Waals surface area contributed by atoms with Gasteiger partial charge >= 0.3 is 0 Å². The zero-order valence-corrected chi connectivity index (χ0v) is 18.7. The van der Waals surface area contributed by atoms with Gasteiger partial charge in [0.05, 0.1) is 23.3 Å². The molecule has 0 bridgehead atoms. The highest BCUT2D eigenvalue weighted by Crippen LogP contribution is 2.30. The van der Waals surface area contributed by atoms with Crippen molar-refractivity contribution < 1.29 is 26.9 Å². The third kappa shape index (κ3) is 3.92. The molecule has 32 heavy (non-hydrogen) atoms. The van der Waals surface area contributed by atoms with Gasteiger partial charge in [0.25, 0.3) is 15.9 Å². The Balaban J connectivity index is 1.55. The topological polar surface area (TPSA) is 124 Å². The van der Waals surface area contributed by atoms with Crippen LogP contribution in [0, 0.1) is 20.8 Å². The number of benzene rings is 2. The van der Waals surface area contributed by atoms with Gasteiger partial charge < -0.3 is 19.0 Å². The molecule has 0 unspecified atom stereocenters. The van der Waals surface area contributed by atoms with E-state index in [1.165, 1.54) is 24.3 Å². The first-order valence-corrected chi connectivity index (χ1v) is 11.1. The van der Waals surface area contributed by atoms with Crippen LogP contribution >= 0.6 is 0 Å². The Labute approximate surface area is 184 Å². The summed E-state index contributed by atoms with van der Waals surface area (Å²) in [6.45, 7) is 5.13. The number of aryl methyl sites for hydroxylation is 2. The van der Waals surface area contributed by atoms with E-state index in [0.717, 1.165) is 0 Å². The van der Waals surface area contributed by atoms with Crippen LogP contribution in [0.1, 0.15) is 27.4 Å². The molecule has 4 rings (SSSR count). The molecule has 0 saturated heterocycles. The van der Waals surface area contributed by atoms with Crippen LogP contribution in [0.2, 0.25) is 0 Å². The second-order valence-corrected chi connectivity index (χ2v) is 8.88. The lowest BCUT2D eigenvalue weighted by Crippen LogP contribution is -2.14. The van der Waals surface area contributed by atoms with Crippen LogP contribution in [0.5, 0.6) is 5.75 Å². The predicted octanol–water partition coefficient (Wildman–Crippen LogP) is 4.41. The molecule has 0 aliphatic heterocycles.